The van der Waals surface area contributed by atoms with Gasteiger partial charge in [-0.2, -0.15) is 0 Å². The van der Waals surface area contributed by atoms with Gasteiger partial charge < -0.3 is 5.73 Å². The highest BCUT2D eigenvalue weighted by Crippen LogP contribution is 2.23. The molecular formula is C10H11ClN2O2S. The summed E-state index contributed by atoms with van der Waals surface area (Å²) in [6.45, 7) is 0.171. The molecule has 0 atom stereocenters. The highest BCUT2D eigenvalue weighted by atomic mass is 35.5. The highest BCUT2D eigenvalue weighted by molar-refractivity contribution is 7.89. The van der Waals surface area contributed by atoms with E-state index in [4.69, 9.17) is 23.8 Å². The molecule has 0 radical (unpaired) electrons. The molecule has 4 nitrogen and oxygen atoms in total. The summed E-state index contributed by atoms with van der Waals surface area (Å²) in [7, 11) is -3.64. The van der Waals surface area contributed by atoms with Crippen LogP contribution >= 0.6 is 11.6 Å². The molecule has 1 rings (SSSR count). The SMILES string of the molecule is C#CCCNS(=O)(=O)c1cc(N)ccc1Cl. The molecule has 0 bridgehead atoms. The van der Waals surface area contributed by atoms with E-state index in [0.717, 1.165) is 0 Å². The van der Waals surface area contributed by atoms with Gasteiger partial charge in [-0.15, -0.1) is 12.3 Å². The number of halogens is 1. The van der Waals surface area contributed by atoms with Crippen molar-refractivity contribution < 1.29 is 8.42 Å². The molecule has 6 heteroatoms. The van der Waals surface area contributed by atoms with Crippen LogP contribution in [-0.2, 0) is 10.0 Å². The van der Waals surface area contributed by atoms with Crippen LogP contribution in [-0.4, -0.2) is 15.0 Å². The van der Waals surface area contributed by atoms with Crippen LogP contribution in [0.3, 0.4) is 0 Å². The minimum Gasteiger partial charge on any atom is -0.399 e. The lowest BCUT2D eigenvalue weighted by atomic mass is 10.3. The number of terminal acetylenes is 1. The number of anilines is 1. The summed E-state index contributed by atoms with van der Waals surface area (Å²) in [5, 5.41) is 0.127. The molecule has 1 aromatic carbocycles. The third kappa shape index (κ3) is 3.14. The Morgan fingerprint density at radius 2 is 2.19 bits per heavy atom. The van der Waals surface area contributed by atoms with E-state index in [2.05, 4.69) is 10.6 Å². The summed E-state index contributed by atoms with van der Waals surface area (Å²) < 4.78 is 25.9. The Bertz CT molecular complexity index is 520. The van der Waals surface area contributed by atoms with Crippen molar-refractivity contribution in [1.29, 1.82) is 0 Å². The topological polar surface area (TPSA) is 72.2 Å². The Balaban J connectivity index is 2.99. The van der Waals surface area contributed by atoms with Gasteiger partial charge in [0.25, 0.3) is 0 Å². The van der Waals surface area contributed by atoms with E-state index in [1.807, 2.05) is 0 Å². The van der Waals surface area contributed by atoms with Gasteiger partial charge in [0, 0.05) is 18.7 Å². The van der Waals surface area contributed by atoms with Gasteiger partial charge in [0.05, 0.1) is 5.02 Å². The lowest BCUT2D eigenvalue weighted by Gasteiger charge is -2.07. The predicted octanol–water partition coefficient (Wildman–Crippen LogP) is 1.22. The van der Waals surface area contributed by atoms with E-state index in [0.29, 0.717) is 12.1 Å². The van der Waals surface area contributed by atoms with Crippen LogP contribution in [0.5, 0.6) is 0 Å². The van der Waals surface area contributed by atoms with Gasteiger partial charge >= 0.3 is 0 Å². The first-order valence-corrected chi connectivity index (χ1v) is 6.31. The first kappa shape index (κ1) is 12.8. The average molecular weight is 259 g/mol. The summed E-state index contributed by atoms with van der Waals surface area (Å²) in [6, 6.07) is 4.27. The molecule has 0 saturated heterocycles. The fourth-order valence-corrected chi connectivity index (χ4v) is 2.63. The molecule has 0 fully saturated rings. The Morgan fingerprint density at radius 1 is 1.50 bits per heavy atom. The van der Waals surface area contributed by atoms with Crippen LogP contribution in [0.1, 0.15) is 6.42 Å². The van der Waals surface area contributed by atoms with Gasteiger partial charge in [-0.3, -0.25) is 0 Å². The van der Waals surface area contributed by atoms with Crippen molar-refractivity contribution >= 4 is 27.3 Å². The number of benzene rings is 1. The Morgan fingerprint density at radius 3 is 2.81 bits per heavy atom. The van der Waals surface area contributed by atoms with E-state index in [1.54, 1.807) is 0 Å². The quantitative estimate of drug-likeness (QED) is 0.485. The first-order valence-electron chi connectivity index (χ1n) is 4.45. The molecule has 0 unspecified atom stereocenters. The predicted molar refractivity (Wildman–Crippen MR) is 64.5 cm³/mol. The lowest BCUT2D eigenvalue weighted by molar-refractivity contribution is 0.582. The van der Waals surface area contributed by atoms with Crippen molar-refractivity contribution in [2.75, 3.05) is 12.3 Å². The zero-order valence-corrected chi connectivity index (χ0v) is 9.98. The van der Waals surface area contributed by atoms with Gasteiger partial charge in [0.2, 0.25) is 10.0 Å². The zero-order chi connectivity index (χ0) is 12.2. The number of nitrogens with two attached hydrogens (primary N) is 1. The van der Waals surface area contributed by atoms with Crippen LogP contribution in [0, 0.1) is 12.3 Å². The van der Waals surface area contributed by atoms with Crippen molar-refractivity contribution in [3.63, 3.8) is 0 Å². The van der Waals surface area contributed by atoms with Crippen molar-refractivity contribution in [2.24, 2.45) is 0 Å². The maximum absolute atomic E-state index is 11.8. The Hall–Kier alpha value is -1.22. The average Bonchev–Trinajstić information content (AvgIpc) is 2.22. The molecule has 86 valence electrons. The number of nitrogen functional groups attached to an aromatic ring is 1. The highest BCUT2D eigenvalue weighted by Gasteiger charge is 2.17. The molecule has 0 heterocycles. The van der Waals surface area contributed by atoms with Crippen molar-refractivity contribution in [1.82, 2.24) is 4.72 Å². The third-order valence-electron chi connectivity index (χ3n) is 1.81. The zero-order valence-electron chi connectivity index (χ0n) is 8.40. The smallest absolute Gasteiger partial charge is 0.242 e. The molecule has 0 saturated carbocycles. The minimum atomic E-state index is -3.64. The molecule has 0 aliphatic rings. The molecule has 1 aromatic rings. The standard InChI is InChI=1S/C10H11ClN2O2S/c1-2-3-6-13-16(14,15)10-7-8(12)4-5-9(10)11/h1,4-5,7,13H,3,6,12H2. The van der Waals surface area contributed by atoms with Gasteiger partial charge in [-0.05, 0) is 18.2 Å². The number of rotatable bonds is 4. The molecule has 0 aliphatic heterocycles. The van der Waals surface area contributed by atoms with Gasteiger partial charge in [0.15, 0.2) is 0 Å². The second-order valence-electron chi connectivity index (χ2n) is 3.04. The molecule has 0 amide bonds. The summed E-state index contributed by atoms with van der Waals surface area (Å²) in [5.41, 5.74) is 5.83. The largest absolute Gasteiger partial charge is 0.399 e. The van der Waals surface area contributed by atoms with Crippen LogP contribution in [0.25, 0.3) is 0 Å². The van der Waals surface area contributed by atoms with E-state index >= 15 is 0 Å². The number of hydrogen-bond donors (Lipinski definition) is 2. The molecular weight excluding hydrogens is 248 g/mol. The number of sulfonamides is 1. The number of nitrogens with one attached hydrogen (secondary N) is 1. The van der Waals surface area contributed by atoms with Crippen molar-refractivity contribution in [3.8, 4) is 12.3 Å². The summed E-state index contributed by atoms with van der Waals surface area (Å²) >= 11 is 5.78. The summed E-state index contributed by atoms with van der Waals surface area (Å²) in [4.78, 5) is -0.0359. The van der Waals surface area contributed by atoms with Gasteiger partial charge in [0.1, 0.15) is 4.90 Å². The minimum absolute atomic E-state index is 0.0359. The maximum Gasteiger partial charge on any atom is 0.242 e. The van der Waals surface area contributed by atoms with Crippen LogP contribution in [0.4, 0.5) is 5.69 Å². The second kappa shape index (κ2) is 5.21. The van der Waals surface area contributed by atoms with Crippen LogP contribution in [0.15, 0.2) is 23.1 Å². The summed E-state index contributed by atoms with van der Waals surface area (Å²) in [5.74, 6) is 2.33. The van der Waals surface area contributed by atoms with E-state index in [9.17, 15) is 8.42 Å². The first-order chi connectivity index (χ1) is 7.47. The van der Waals surface area contributed by atoms with Gasteiger partial charge in [-0.1, -0.05) is 11.6 Å². The Labute approximate surface area is 99.8 Å². The van der Waals surface area contributed by atoms with Crippen molar-refractivity contribution in [3.05, 3.63) is 23.2 Å². The van der Waals surface area contributed by atoms with E-state index < -0.39 is 10.0 Å². The normalized spacial score (nSPS) is 11.0. The van der Waals surface area contributed by atoms with E-state index in [-0.39, 0.29) is 16.5 Å². The molecule has 0 aromatic heterocycles. The lowest BCUT2D eigenvalue weighted by Crippen LogP contribution is -2.25. The third-order valence-corrected chi connectivity index (χ3v) is 3.75. The Kier molecular flexibility index (Phi) is 4.19. The molecule has 16 heavy (non-hydrogen) atoms. The fraction of sp³-hybridized carbons (Fsp3) is 0.200. The van der Waals surface area contributed by atoms with E-state index in [1.165, 1.54) is 18.2 Å². The second-order valence-corrected chi connectivity index (χ2v) is 5.18. The number of hydrogen-bond acceptors (Lipinski definition) is 3. The van der Waals surface area contributed by atoms with Gasteiger partial charge in [-0.25, -0.2) is 13.1 Å². The molecule has 0 aliphatic carbocycles. The molecule has 0 spiro atoms. The molecule has 3 N–H and O–H groups in total. The van der Waals surface area contributed by atoms with Crippen LogP contribution < -0.4 is 10.5 Å². The maximum atomic E-state index is 11.8. The fourth-order valence-electron chi connectivity index (χ4n) is 1.06. The monoisotopic (exact) mass is 258 g/mol. The summed E-state index contributed by atoms with van der Waals surface area (Å²) in [6.07, 6.45) is 5.34. The van der Waals surface area contributed by atoms with Crippen molar-refractivity contribution in [2.45, 2.75) is 11.3 Å². The van der Waals surface area contributed by atoms with Crippen LogP contribution in [0.2, 0.25) is 5.02 Å².